The minimum atomic E-state index is -1.16. The van der Waals surface area contributed by atoms with E-state index in [0.29, 0.717) is 0 Å². The average Bonchev–Trinajstić information content (AvgIpc) is 2.55. The molecule has 0 spiro atoms. The standard InChI is InChI=1S/C12H36N2Si9/c1-20(2,3)13(21(4,5)6)18-15-16-19(17-18)14(22(7,8)9)23(10,11)12/h1-12H3. The molecule has 0 atom stereocenters. The molecule has 8 radical (unpaired) electrons. The van der Waals surface area contributed by atoms with Crippen LogP contribution < -0.4 is 0 Å². The molecule has 0 aliphatic carbocycles. The van der Waals surface area contributed by atoms with Crippen LogP contribution in [0.25, 0.3) is 0 Å². The van der Waals surface area contributed by atoms with Gasteiger partial charge in [0.05, 0.1) is 16.0 Å². The first kappa shape index (κ1) is 22.9. The molecule has 1 heterocycles. The van der Waals surface area contributed by atoms with Crippen molar-refractivity contribution in [3.05, 3.63) is 0 Å². The molecule has 1 fully saturated rings. The van der Waals surface area contributed by atoms with Gasteiger partial charge in [-0.3, -0.25) is 0 Å². The zero-order chi connectivity index (χ0) is 18.4. The Morgan fingerprint density at radius 3 is 0.870 bits per heavy atom. The molecule has 0 unspecified atom stereocenters. The fourth-order valence-electron chi connectivity index (χ4n) is 3.87. The van der Waals surface area contributed by atoms with Gasteiger partial charge < -0.3 is 7.79 Å². The second-order valence-corrected chi connectivity index (χ2v) is 53.0. The van der Waals surface area contributed by atoms with Crippen LogP contribution in [-0.2, 0) is 0 Å². The Kier molecular flexibility index (Phi) is 7.45. The third-order valence-electron chi connectivity index (χ3n) is 3.67. The Hall–Kier alpha value is 1.87. The minimum Gasteiger partial charge on any atom is -0.374 e. The Balaban J connectivity index is 3.04. The highest BCUT2D eigenvalue weighted by atomic mass is 30.1. The maximum absolute atomic E-state index is 3.23. The lowest BCUT2D eigenvalue weighted by Gasteiger charge is -2.49. The summed E-state index contributed by atoms with van der Waals surface area (Å²) in [7, 11) is -1.01. The summed E-state index contributed by atoms with van der Waals surface area (Å²) in [4.78, 5) is 0. The van der Waals surface area contributed by atoms with Crippen LogP contribution in [-0.4, -0.2) is 82.4 Å². The highest BCUT2D eigenvalue weighted by molar-refractivity contribution is 7.85. The van der Waals surface area contributed by atoms with Gasteiger partial charge in [0.15, 0.2) is 0 Å². The first-order chi connectivity index (χ1) is 9.95. The van der Waals surface area contributed by atoms with Gasteiger partial charge in [0, 0.05) is 25.7 Å². The molecule has 23 heavy (non-hydrogen) atoms. The zero-order valence-electron chi connectivity index (χ0n) is 17.4. The molecule has 0 saturated carbocycles. The molecule has 0 aromatic carbocycles. The first-order valence-electron chi connectivity index (χ1n) is 8.59. The molecule has 1 aliphatic heterocycles. The molecule has 0 amide bonds. The van der Waals surface area contributed by atoms with Crippen molar-refractivity contribution in [1.29, 1.82) is 0 Å². The number of hydrogen-bond acceptors (Lipinski definition) is 2. The van der Waals surface area contributed by atoms with E-state index in [-0.39, 0.29) is 16.0 Å². The van der Waals surface area contributed by atoms with E-state index < -0.39 is 32.9 Å². The highest BCUT2D eigenvalue weighted by Gasteiger charge is 2.49. The highest BCUT2D eigenvalue weighted by Crippen LogP contribution is 2.26. The van der Waals surface area contributed by atoms with Crippen LogP contribution in [0.5, 0.6) is 0 Å². The lowest BCUT2D eigenvalue weighted by atomic mass is 11.8. The fraction of sp³-hybridized carbons (Fsp3) is 1.00. The third-order valence-corrected chi connectivity index (χ3v) is 67.6. The molecule has 2 nitrogen and oxygen atoms in total. The topological polar surface area (TPSA) is 6.48 Å². The van der Waals surface area contributed by atoms with Crippen molar-refractivity contribution in [2.24, 2.45) is 0 Å². The van der Waals surface area contributed by atoms with Crippen molar-refractivity contribution in [2.75, 3.05) is 0 Å². The second kappa shape index (κ2) is 7.48. The van der Waals surface area contributed by atoms with E-state index in [0.717, 1.165) is 0 Å². The van der Waals surface area contributed by atoms with Crippen molar-refractivity contribution in [2.45, 2.75) is 78.6 Å². The largest absolute Gasteiger partial charge is 0.374 e. The fourth-order valence-corrected chi connectivity index (χ4v) is 120. The van der Waals surface area contributed by atoms with Crippen LogP contribution in [0.4, 0.5) is 0 Å². The summed E-state index contributed by atoms with van der Waals surface area (Å²) < 4.78 is 6.47. The van der Waals surface area contributed by atoms with E-state index in [1.54, 1.807) is 0 Å². The molecule has 1 rings (SSSR count). The number of nitrogens with zero attached hydrogens (tertiary/aromatic N) is 2. The molecule has 1 aliphatic rings. The quantitative estimate of drug-likeness (QED) is 0.562. The Morgan fingerprint density at radius 1 is 0.478 bits per heavy atom. The van der Waals surface area contributed by atoms with Gasteiger partial charge in [-0.2, -0.15) is 0 Å². The predicted octanol–water partition coefficient (Wildman–Crippen LogP) is 2.94. The Morgan fingerprint density at radius 2 is 0.696 bits per heavy atom. The van der Waals surface area contributed by atoms with Gasteiger partial charge in [0.2, 0.25) is 0 Å². The summed E-state index contributed by atoms with van der Waals surface area (Å²) in [6, 6.07) is 0. The summed E-state index contributed by atoms with van der Waals surface area (Å²) in [5, 5.41) is 0. The molecule has 11 heteroatoms. The van der Waals surface area contributed by atoms with Gasteiger partial charge in [-0.1, -0.05) is 78.6 Å². The average molecular weight is 461 g/mol. The Labute approximate surface area is 160 Å². The van der Waals surface area contributed by atoms with Crippen LogP contribution >= 0.6 is 0 Å². The molecular weight excluding hydrogens is 425 g/mol. The second-order valence-electron chi connectivity index (χ2n) is 10.4. The van der Waals surface area contributed by atoms with Crippen LogP contribution in [0.1, 0.15) is 0 Å². The minimum absolute atomic E-state index is 0.204. The summed E-state index contributed by atoms with van der Waals surface area (Å²) in [6.45, 7) is 31.3. The van der Waals surface area contributed by atoms with Crippen LogP contribution in [0.2, 0.25) is 78.6 Å². The van der Waals surface area contributed by atoms with E-state index in [2.05, 4.69) is 86.4 Å². The van der Waals surface area contributed by atoms with Gasteiger partial charge in [0.25, 0.3) is 0 Å². The zero-order valence-corrected chi connectivity index (χ0v) is 26.4. The van der Waals surface area contributed by atoms with Crippen molar-refractivity contribution in [1.82, 2.24) is 7.79 Å². The van der Waals surface area contributed by atoms with E-state index in [1.807, 2.05) is 0 Å². The molecule has 0 aromatic rings. The van der Waals surface area contributed by atoms with Gasteiger partial charge in [0.1, 0.15) is 32.9 Å². The van der Waals surface area contributed by atoms with E-state index in [9.17, 15) is 0 Å². The molecule has 0 bridgehead atoms. The van der Waals surface area contributed by atoms with Crippen molar-refractivity contribution >= 4 is 74.6 Å². The maximum atomic E-state index is 3.23. The summed E-state index contributed by atoms with van der Waals surface area (Å²) in [6.07, 6.45) is 0. The van der Waals surface area contributed by atoms with Crippen molar-refractivity contribution < 1.29 is 0 Å². The molecule has 0 N–H and O–H groups in total. The van der Waals surface area contributed by atoms with E-state index >= 15 is 0 Å². The monoisotopic (exact) mass is 460 g/mol. The lowest BCUT2D eigenvalue weighted by molar-refractivity contribution is 0.955. The van der Waals surface area contributed by atoms with Gasteiger partial charge in [-0.15, -0.1) is 0 Å². The predicted molar refractivity (Wildman–Crippen MR) is 126 cm³/mol. The van der Waals surface area contributed by atoms with Crippen molar-refractivity contribution in [3.8, 4) is 0 Å². The summed E-state index contributed by atoms with van der Waals surface area (Å²) in [5.41, 5.74) is 0. The third kappa shape index (κ3) is 6.21. The normalized spacial score (nSPS) is 20.1. The summed E-state index contributed by atoms with van der Waals surface area (Å²) in [5.74, 6) is 0. The van der Waals surface area contributed by atoms with Crippen LogP contribution in [0.15, 0.2) is 0 Å². The molecule has 1 saturated heterocycles. The molecule has 130 valence electrons. The SMILES string of the molecule is C[Si](C)(C)N([Si]1[Si][Si][Si](N([Si](C)(C)C)[Si](C)(C)C)[Si]1)[Si](C)(C)C. The van der Waals surface area contributed by atoms with Gasteiger partial charge in [-0.05, 0) is 0 Å². The van der Waals surface area contributed by atoms with Crippen LogP contribution in [0, 0.1) is 0 Å². The smallest absolute Gasteiger partial charge is 0.105 e. The van der Waals surface area contributed by atoms with Crippen molar-refractivity contribution in [3.63, 3.8) is 0 Å². The van der Waals surface area contributed by atoms with Crippen LogP contribution in [0.3, 0.4) is 0 Å². The first-order valence-corrected chi connectivity index (χ1v) is 33.3. The lowest BCUT2D eigenvalue weighted by Crippen LogP contribution is -2.71. The summed E-state index contributed by atoms with van der Waals surface area (Å²) >= 11 is 0. The maximum Gasteiger partial charge on any atom is 0.105 e. The van der Waals surface area contributed by atoms with E-state index in [1.165, 1.54) is 25.7 Å². The number of rotatable bonds is 6. The van der Waals surface area contributed by atoms with Gasteiger partial charge >= 0.3 is 0 Å². The van der Waals surface area contributed by atoms with E-state index in [4.69, 9.17) is 0 Å². The number of hydrogen-bond donors (Lipinski definition) is 0. The Bertz CT molecular complexity index is 339. The molecule has 0 aromatic heterocycles. The van der Waals surface area contributed by atoms with Gasteiger partial charge in [-0.25, -0.2) is 0 Å². The molecular formula is C12H36N2Si9.